The van der Waals surface area contributed by atoms with E-state index in [1.807, 2.05) is 13.8 Å². The predicted octanol–water partition coefficient (Wildman–Crippen LogP) is 2.16. The predicted molar refractivity (Wildman–Crippen MR) is 65.6 cm³/mol. The summed E-state index contributed by atoms with van der Waals surface area (Å²) in [6, 6.07) is 2.55. The zero-order valence-corrected chi connectivity index (χ0v) is 10.7. The number of hydrogen-bond acceptors (Lipinski definition) is 4. The lowest BCUT2D eigenvalue weighted by Gasteiger charge is -2.02. The van der Waals surface area contributed by atoms with Gasteiger partial charge in [-0.05, 0) is 13.0 Å². The molecule has 1 aliphatic heterocycles. The third-order valence-electron chi connectivity index (χ3n) is 2.60. The van der Waals surface area contributed by atoms with Crippen LogP contribution in [-0.2, 0) is 0 Å². The number of nitrogens with zero attached hydrogens (tertiary/aromatic N) is 2. The van der Waals surface area contributed by atoms with E-state index in [0.717, 1.165) is 11.0 Å². The number of benzene rings is 1. The molecule has 6 heteroatoms. The fourth-order valence-corrected chi connectivity index (χ4v) is 1.70. The van der Waals surface area contributed by atoms with Gasteiger partial charge in [0.2, 0.25) is 0 Å². The highest BCUT2D eigenvalue weighted by atomic mass is 16.6. The van der Waals surface area contributed by atoms with Crippen molar-refractivity contribution in [1.82, 2.24) is 4.90 Å². The van der Waals surface area contributed by atoms with Crippen LogP contribution in [-0.4, -0.2) is 28.7 Å². The van der Waals surface area contributed by atoms with Gasteiger partial charge in [-0.2, -0.15) is 0 Å². The SMILES string of the molecule is CC.Cc1cc2c(cc1[N+](=O)[O-])C(=O)N(C)C2=O. The van der Waals surface area contributed by atoms with Gasteiger partial charge in [-0.3, -0.25) is 24.6 Å². The average molecular weight is 250 g/mol. The molecular weight excluding hydrogens is 236 g/mol. The van der Waals surface area contributed by atoms with Crippen molar-refractivity contribution in [2.24, 2.45) is 0 Å². The molecule has 18 heavy (non-hydrogen) atoms. The van der Waals surface area contributed by atoms with Crippen molar-refractivity contribution >= 4 is 17.5 Å². The lowest BCUT2D eigenvalue weighted by molar-refractivity contribution is -0.385. The summed E-state index contributed by atoms with van der Waals surface area (Å²) in [6.07, 6.45) is 0. The number of imide groups is 1. The first-order valence-electron chi connectivity index (χ1n) is 5.55. The number of fused-ring (bicyclic) bond motifs is 1. The number of nitro groups is 1. The number of rotatable bonds is 1. The van der Waals surface area contributed by atoms with Gasteiger partial charge >= 0.3 is 0 Å². The van der Waals surface area contributed by atoms with Gasteiger partial charge in [0.15, 0.2) is 0 Å². The van der Waals surface area contributed by atoms with Gasteiger partial charge in [0.05, 0.1) is 16.1 Å². The summed E-state index contributed by atoms with van der Waals surface area (Å²) >= 11 is 0. The summed E-state index contributed by atoms with van der Waals surface area (Å²) in [6.45, 7) is 5.54. The molecule has 0 aromatic heterocycles. The molecule has 0 radical (unpaired) electrons. The highest BCUT2D eigenvalue weighted by Crippen LogP contribution is 2.28. The minimum absolute atomic E-state index is 0.102. The number of aryl methyl sites for hydroxylation is 1. The Kier molecular flexibility index (Phi) is 3.80. The van der Waals surface area contributed by atoms with Gasteiger partial charge in [-0.25, -0.2) is 0 Å². The Morgan fingerprint density at radius 2 is 1.56 bits per heavy atom. The second-order valence-electron chi connectivity index (χ2n) is 3.61. The van der Waals surface area contributed by atoms with Crippen LogP contribution in [0.2, 0.25) is 0 Å². The van der Waals surface area contributed by atoms with E-state index in [0.29, 0.717) is 5.56 Å². The number of amides is 2. The Labute approximate surface area is 104 Å². The zero-order valence-electron chi connectivity index (χ0n) is 10.7. The van der Waals surface area contributed by atoms with Gasteiger partial charge in [-0.1, -0.05) is 13.8 Å². The molecule has 96 valence electrons. The maximum Gasteiger partial charge on any atom is 0.273 e. The first kappa shape index (κ1) is 13.8. The van der Waals surface area contributed by atoms with Gasteiger partial charge in [0.25, 0.3) is 17.5 Å². The van der Waals surface area contributed by atoms with Crippen molar-refractivity contribution in [3.05, 3.63) is 38.9 Å². The lowest BCUT2D eigenvalue weighted by atomic mass is 10.0. The third-order valence-corrected chi connectivity index (χ3v) is 2.60. The fourth-order valence-electron chi connectivity index (χ4n) is 1.70. The Morgan fingerprint density at radius 1 is 1.11 bits per heavy atom. The molecule has 2 amide bonds. The molecule has 0 spiro atoms. The maximum absolute atomic E-state index is 11.6. The van der Waals surface area contributed by atoms with Crippen molar-refractivity contribution in [2.75, 3.05) is 7.05 Å². The molecule has 0 fully saturated rings. The molecule has 1 aromatic rings. The quantitative estimate of drug-likeness (QED) is 0.434. The summed E-state index contributed by atoms with van der Waals surface area (Å²) < 4.78 is 0. The van der Waals surface area contributed by atoms with Crippen LogP contribution in [0.25, 0.3) is 0 Å². The van der Waals surface area contributed by atoms with Crippen molar-refractivity contribution < 1.29 is 14.5 Å². The van der Waals surface area contributed by atoms with Gasteiger partial charge in [-0.15, -0.1) is 0 Å². The van der Waals surface area contributed by atoms with Crippen molar-refractivity contribution in [3.8, 4) is 0 Å². The highest BCUT2D eigenvalue weighted by molar-refractivity contribution is 6.21. The molecule has 1 heterocycles. The van der Waals surface area contributed by atoms with E-state index >= 15 is 0 Å². The monoisotopic (exact) mass is 250 g/mol. The van der Waals surface area contributed by atoms with Crippen LogP contribution in [0, 0.1) is 17.0 Å². The van der Waals surface area contributed by atoms with Crippen LogP contribution >= 0.6 is 0 Å². The van der Waals surface area contributed by atoms with Crippen molar-refractivity contribution in [1.29, 1.82) is 0 Å². The van der Waals surface area contributed by atoms with E-state index in [1.54, 1.807) is 0 Å². The zero-order chi connectivity index (χ0) is 14.0. The molecule has 1 aliphatic rings. The molecule has 0 N–H and O–H groups in total. The standard InChI is InChI=1S/C10H8N2O4.C2H6/c1-5-3-6-7(4-8(5)12(15)16)10(14)11(2)9(6)13;1-2/h3-4H,1-2H3;1-2H3. The second-order valence-corrected chi connectivity index (χ2v) is 3.61. The molecule has 0 bridgehead atoms. The molecule has 0 saturated carbocycles. The molecular formula is C12H14N2O4. The van der Waals surface area contributed by atoms with Crippen LogP contribution in [0.5, 0.6) is 0 Å². The van der Waals surface area contributed by atoms with Gasteiger partial charge < -0.3 is 0 Å². The lowest BCUT2D eigenvalue weighted by Crippen LogP contribution is -2.24. The van der Waals surface area contributed by atoms with E-state index in [1.165, 1.54) is 20.0 Å². The Hall–Kier alpha value is -2.24. The van der Waals surface area contributed by atoms with Crippen LogP contribution < -0.4 is 0 Å². The van der Waals surface area contributed by atoms with Crippen LogP contribution in [0.1, 0.15) is 40.1 Å². The molecule has 0 aliphatic carbocycles. The summed E-state index contributed by atoms with van der Waals surface area (Å²) in [5.41, 5.74) is 0.566. The Balaban J connectivity index is 0.000000771. The molecule has 2 rings (SSSR count). The van der Waals surface area contributed by atoms with E-state index < -0.39 is 16.7 Å². The fraction of sp³-hybridized carbons (Fsp3) is 0.333. The number of carbonyl (C=O) groups is 2. The number of carbonyl (C=O) groups excluding carboxylic acids is 2. The maximum atomic E-state index is 11.6. The van der Waals surface area contributed by atoms with Crippen molar-refractivity contribution in [3.63, 3.8) is 0 Å². The first-order valence-corrected chi connectivity index (χ1v) is 5.55. The van der Waals surface area contributed by atoms with Gasteiger partial charge in [0.1, 0.15) is 0 Å². The Morgan fingerprint density at radius 3 is 2.00 bits per heavy atom. The number of hydrogen-bond donors (Lipinski definition) is 0. The van der Waals surface area contributed by atoms with Crippen LogP contribution in [0.15, 0.2) is 12.1 Å². The topological polar surface area (TPSA) is 80.5 Å². The second kappa shape index (κ2) is 4.95. The summed E-state index contributed by atoms with van der Waals surface area (Å²) in [4.78, 5) is 34.2. The van der Waals surface area contributed by atoms with E-state index in [-0.39, 0.29) is 16.8 Å². The van der Waals surface area contributed by atoms with Crippen LogP contribution in [0.4, 0.5) is 5.69 Å². The normalized spacial score (nSPS) is 13.0. The summed E-state index contributed by atoms with van der Waals surface area (Å²) in [5, 5.41) is 10.7. The molecule has 0 unspecified atom stereocenters. The third kappa shape index (κ3) is 1.97. The summed E-state index contributed by atoms with van der Waals surface area (Å²) in [7, 11) is 1.35. The van der Waals surface area contributed by atoms with Crippen molar-refractivity contribution in [2.45, 2.75) is 20.8 Å². The van der Waals surface area contributed by atoms with E-state index in [9.17, 15) is 19.7 Å². The Bertz CT molecular complexity index is 537. The van der Waals surface area contributed by atoms with E-state index in [4.69, 9.17) is 0 Å². The average Bonchev–Trinajstić information content (AvgIpc) is 2.56. The van der Waals surface area contributed by atoms with E-state index in [2.05, 4.69) is 0 Å². The minimum atomic E-state index is -0.564. The smallest absolute Gasteiger partial charge is 0.273 e. The largest absolute Gasteiger partial charge is 0.277 e. The van der Waals surface area contributed by atoms with Gasteiger partial charge in [0, 0.05) is 18.7 Å². The number of nitro benzene ring substituents is 1. The molecule has 6 nitrogen and oxygen atoms in total. The molecule has 0 saturated heterocycles. The first-order chi connectivity index (χ1) is 8.43. The minimum Gasteiger partial charge on any atom is -0.277 e. The highest BCUT2D eigenvalue weighted by Gasteiger charge is 2.35. The molecule has 0 atom stereocenters. The summed E-state index contributed by atoms with van der Waals surface area (Å²) in [5.74, 6) is -0.916. The molecule has 1 aromatic carbocycles. The van der Waals surface area contributed by atoms with Crippen LogP contribution in [0.3, 0.4) is 0 Å².